The minimum absolute atomic E-state index is 0.192. The Labute approximate surface area is 107 Å². The van der Waals surface area contributed by atoms with Crippen LogP contribution in [0.15, 0.2) is 18.2 Å². The van der Waals surface area contributed by atoms with Gasteiger partial charge in [0.1, 0.15) is 0 Å². The van der Waals surface area contributed by atoms with Crippen LogP contribution < -0.4 is 5.73 Å². The van der Waals surface area contributed by atoms with E-state index in [1.165, 1.54) is 12.1 Å². The van der Waals surface area contributed by atoms with Gasteiger partial charge in [-0.15, -0.1) is 0 Å². The van der Waals surface area contributed by atoms with Crippen LogP contribution in [-0.4, -0.2) is 24.0 Å². The summed E-state index contributed by atoms with van der Waals surface area (Å²) < 4.78 is 26.0. The van der Waals surface area contributed by atoms with Crippen LogP contribution in [0.2, 0.25) is 0 Å². The molecular formula is C14H20F2N2. The van der Waals surface area contributed by atoms with Crippen molar-refractivity contribution in [1.29, 1.82) is 0 Å². The van der Waals surface area contributed by atoms with Crippen molar-refractivity contribution < 1.29 is 8.78 Å². The molecule has 0 aliphatic carbocycles. The summed E-state index contributed by atoms with van der Waals surface area (Å²) >= 11 is 0. The van der Waals surface area contributed by atoms with Gasteiger partial charge >= 0.3 is 0 Å². The molecule has 2 rings (SSSR count). The third-order valence-corrected chi connectivity index (χ3v) is 3.68. The lowest BCUT2D eigenvalue weighted by molar-refractivity contribution is 0.154. The van der Waals surface area contributed by atoms with E-state index < -0.39 is 11.6 Å². The number of benzene rings is 1. The molecule has 1 aliphatic rings. The maximum Gasteiger partial charge on any atom is 0.159 e. The highest BCUT2D eigenvalue weighted by Crippen LogP contribution is 2.21. The normalized spacial score (nSPS) is 23.0. The van der Waals surface area contributed by atoms with Gasteiger partial charge in [-0.1, -0.05) is 6.07 Å². The lowest BCUT2D eigenvalue weighted by Crippen LogP contribution is -2.41. The van der Waals surface area contributed by atoms with Crippen molar-refractivity contribution in [1.82, 2.24) is 4.90 Å². The summed E-state index contributed by atoms with van der Waals surface area (Å²) in [6.45, 7) is 4.64. The fraction of sp³-hybridized carbons (Fsp3) is 0.571. The zero-order valence-electron chi connectivity index (χ0n) is 10.7. The van der Waals surface area contributed by atoms with Crippen molar-refractivity contribution in [2.45, 2.75) is 32.4 Å². The van der Waals surface area contributed by atoms with E-state index in [1.807, 2.05) is 6.92 Å². The van der Waals surface area contributed by atoms with Crippen LogP contribution in [0.3, 0.4) is 0 Å². The van der Waals surface area contributed by atoms with Gasteiger partial charge in [0.15, 0.2) is 11.6 Å². The van der Waals surface area contributed by atoms with Gasteiger partial charge in [0.2, 0.25) is 0 Å². The van der Waals surface area contributed by atoms with E-state index in [9.17, 15) is 8.78 Å². The minimum Gasteiger partial charge on any atom is -0.328 e. The Hall–Kier alpha value is -1.00. The van der Waals surface area contributed by atoms with Gasteiger partial charge in [-0.3, -0.25) is 4.90 Å². The predicted molar refractivity (Wildman–Crippen MR) is 68.0 cm³/mol. The van der Waals surface area contributed by atoms with Crippen LogP contribution in [0, 0.1) is 17.6 Å². The second kappa shape index (κ2) is 5.76. The summed E-state index contributed by atoms with van der Waals surface area (Å²) in [6.07, 6.45) is 2.28. The molecule has 2 unspecified atom stereocenters. The van der Waals surface area contributed by atoms with E-state index in [-0.39, 0.29) is 6.04 Å². The molecule has 100 valence electrons. The topological polar surface area (TPSA) is 29.3 Å². The number of likely N-dealkylation sites (tertiary alicyclic amines) is 1. The lowest BCUT2D eigenvalue weighted by Gasteiger charge is -2.34. The molecule has 0 spiro atoms. The van der Waals surface area contributed by atoms with Crippen molar-refractivity contribution >= 4 is 0 Å². The first kappa shape index (κ1) is 13.4. The average Bonchev–Trinajstić information content (AvgIpc) is 2.34. The molecule has 2 N–H and O–H groups in total. The SMILES string of the molecule is CC(N)C1CCCN(Cc2ccc(F)c(F)c2)C1. The first-order valence-electron chi connectivity index (χ1n) is 6.48. The Balaban J connectivity index is 1.98. The van der Waals surface area contributed by atoms with Gasteiger partial charge in [0, 0.05) is 19.1 Å². The maximum absolute atomic E-state index is 13.1. The molecule has 0 amide bonds. The van der Waals surface area contributed by atoms with Crippen molar-refractivity contribution in [2.24, 2.45) is 11.7 Å². The van der Waals surface area contributed by atoms with Crippen LogP contribution in [0.5, 0.6) is 0 Å². The molecule has 1 fully saturated rings. The number of hydrogen-bond acceptors (Lipinski definition) is 2. The van der Waals surface area contributed by atoms with Crippen molar-refractivity contribution in [3.8, 4) is 0 Å². The molecule has 0 saturated carbocycles. The van der Waals surface area contributed by atoms with E-state index in [0.29, 0.717) is 12.5 Å². The fourth-order valence-electron chi connectivity index (χ4n) is 2.56. The summed E-state index contributed by atoms with van der Waals surface area (Å²) in [4.78, 5) is 2.27. The van der Waals surface area contributed by atoms with Crippen molar-refractivity contribution in [3.63, 3.8) is 0 Å². The molecule has 1 aliphatic heterocycles. The largest absolute Gasteiger partial charge is 0.328 e. The molecule has 0 radical (unpaired) electrons. The smallest absolute Gasteiger partial charge is 0.159 e. The average molecular weight is 254 g/mol. The van der Waals surface area contributed by atoms with Gasteiger partial charge in [-0.25, -0.2) is 8.78 Å². The maximum atomic E-state index is 13.1. The molecule has 1 aromatic rings. The molecule has 0 bridgehead atoms. The fourth-order valence-corrected chi connectivity index (χ4v) is 2.56. The van der Waals surface area contributed by atoms with Crippen LogP contribution in [0.1, 0.15) is 25.3 Å². The summed E-state index contributed by atoms with van der Waals surface area (Å²) in [5.74, 6) is -1.05. The summed E-state index contributed by atoms with van der Waals surface area (Å²) in [6, 6.07) is 4.31. The quantitative estimate of drug-likeness (QED) is 0.898. The van der Waals surface area contributed by atoms with Gasteiger partial charge in [-0.2, -0.15) is 0 Å². The molecule has 4 heteroatoms. The van der Waals surface area contributed by atoms with E-state index in [2.05, 4.69) is 4.90 Å². The van der Waals surface area contributed by atoms with Crippen LogP contribution in [-0.2, 0) is 6.54 Å². The van der Waals surface area contributed by atoms with E-state index in [0.717, 1.165) is 31.5 Å². The lowest BCUT2D eigenvalue weighted by atomic mass is 9.92. The van der Waals surface area contributed by atoms with Gasteiger partial charge < -0.3 is 5.73 Å². The third kappa shape index (κ3) is 3.27. The number of nitrogens with two attached hydrogens (primary N) is 1. The van der Waals surface area contributed by atoms with Crippen molar-refractivity contribution in [2.75, 3.05) is 13.1 Å². The van der Waals surface area contributed by atoms with E-state index in [4.69, 9.17) is 5.73 Å². The van der Waals surface area contributed by atoms with Gasteiger partial charge in [0.05, 0.1) is 0 Å². The Morgan fingerprint density at radius 1 is 1.39 bits per heavy atom. The molecule has 0 aromatic heterocycles. The van der Waals surface area contributed by atoms with Crippen LogP contribution in [0.4, 0.5) is 8.78 Å². The van der Waals surface area contributed by atoms with Crippen LogP contribution in [0.25, 0.3) is 0 Å². The standard InChI is InChI=1S/C14H20F2N2/c1-10(17)12-3-2-6-18(9-12)8-11-4-5-13(15)14(16)7-11/h4-5,7,10,12H,2-3,6,8-9,17H2,1H3. The zero-order valence-corrected chi connectivity index (χ0v) is 10.7. The predicted octanol–water partition coefficient (Wildman–Crippen LogP) is 2.52. The Kier molecular flexibility index (Phi) is 4.30. The Bertz CT molecular complexity index is 407. The van der Waals surface area contributed by atoms with Gasteiger partial charge in [-0.05, 0) is 49.9 Å². The number of rotatable bonds is 3. The molecule has 18 heavy (non-hydrogen) atoms. The highest BCUT2D eigenvalue weighted by Gasteiger charge is 2.22. The van der Waals surface area contributed by atoms with E-state index in [1.54, 1.807) is 6.07 Å². The molecule has 2 atom stereocenters. The first-order valence-corrected chi connectivity index (χ1v) is 6.48. The minimum atomic E-state index is -0.786. The molecule has 1 aromatic carbocycles. The van der Waals surface area contributed by atoms with Gasteiger partial charge in [0.25, 0.3) is 0 Å². The number of piperidine rings is 1. The second-order valence-electron chi connectivity index (χ2n) is 5.25. The monoisotopic (exact) mass is 254 g/mol. The number of hydrogen-bond donors (Lipinski definition) is 1. The number of nitrogens with zero attached hydrogens (tertiary/aromatic N) is 1. The van der Waals surface area contributed by atoms with Crippen LogP contribution >= 0.6 is 0 Å². The molecule has 2 nitrogen and oxygen atoms in total. The highest BCUT2D eigenvalue weighted by atomic mass is 19.2. The van der Waals surface area contributed by atoms with Crippen molar-refractivity contribution in [3.05, 3.63) is 35.4 Å². The van der Waals surface area contributed by atoms with E-state index >= 15 is 0 Å². The molecule has 1 heterocycles. The first-order chi connectivity index (χ1) is 8.56. The Morgan fingerprint density at radius 3 is 2.83 bits per heavy atom. The summed E-state index contributed by atoms with van der Waals surface area (Å²) in [5, 5.41) is 0. The zero-order chi connectivity index (χ0) is 13.1. The number of halogens is 2. The second-order valence-corrected chi connectivity index (χ2v) is 5.25. The molecule has 1 saturated heterocycles. The highest BCUT2D eigenvalue weighted by molar-refractivity contribution is 5.17. The Morgan fingerprint density at radius 2 is 2.17 bits per heavy atom. The summed E-state index contributed by atoms with van der Waals surface area (Å²) in [5.41, 5.74) is 6.75. The summed E-state index contributed by atoms with van der Waals surface area (Å²) in [7, 11) is 0. The molecular weight excluding hydrogens is 234 g/mol. The third-order valence-electron chi connectivity index (χ3n) is 3.68.